The zero-order chi connectivity index (χ0) is 11.8. The molecule has 2 heterocycles. The number of fused-ring (bicyclic) bond motifs is 1. The van der Waals surface area contributed by atoms with Crippen LogP contribution >= 0.6 is 0 Å². The molecule has 0 saturated carbocycles. The van der Waals surface area contributed by atoms with Gasteiger partial charge in [-0.1, -0.05) is 18.2 Å². The fourth-order valence-electron chi connectivity index (χ4n) is 2.18. The van der Waals surface area contributed by atoms with Crippen LogP contribution < -0.4 is 5.32 Å². The summed E-state index contributed by atoms with van der Waals surface area (Å²) in [7, 11) is 0. The molecule has 0 spiro atoms. The minimum absolute atomic E-state index is 0.127. The van der Waals surface area contributed by atoms with Crippen molar-refractivity contribution in [2.24, 2.45) is 0 Å². The maximum atomic E-state index is 11.4. The van der Waals surface area contributed by atoms with Crippen LogP contribution in [0.3, 0.4) is 0 Å². The lowest BCUT2D eigenvalue weighted by Gasteiger charge is -2.06. The van der Waals surface area contributed by atoms with Crippen molar-refractivity contribution in [1.82, 2.24) is 15.2 Å². The number of nitriles is 1. The van der Waals surface area contributed by atoms with E-state index in [0.29, 0.717) is 6.54 Å². The second kappa shape index (κ2) is 3.52. The lowest BCUT2D eigenvalue weighted by atomic mass is 10.1. The largest absolute Gasteiger partial charge is 0.361 e. The van der Waals surface area contributed by atoms with Crippen LogP contribution in [0, 0.1) is 11.5 Å². The summed E-state index contributed by atoms with van der Waals surface area (Å²) in [4.78, 5) is 15.7. The highest BCUT2D eigenvalue weighted by molar-refractivity contribution is 5.86. The number of rotatable bonds is 1. The van der Waals surface area contributed by atoms with Crippen LogP contribution in [0.4, 0.5) is 4.79 Å². The van der Waals surface area contributed by atoms with Crippen LogP contribution in [0.5, 0.6) is 0 Å². The minimum atomic E-state index is -0.331. The number of H-pyrrole nitrogens is 1. The van der Waals surface area contributed by atoms with E-state index >= 15 is 0 Å². The van der Waals surface area contributed by atoms with Crippen molar-refractivity contribution < 1.29 is 4.79 Å². The number of aromatic nitrogens is 1. The Morgan fingerprint density at radius 3 is 3.00 bits per heavy atom. The van der Waals surface area contributed by atoms with E-state index in [1.807, 2.05) is 36.7 Å². The van der Waals surface area contributed by atoms with Gasteiger partial charge in [-0.2, -0.15) is 5.26 Å². The normalized spacial score (nSPS) is 19.4. The van der Waals surface area contributed by atoms with Crippen molar-refractivity contribution in [3.63, 3.8) is 0 Å². The number of nitrogens with one attached hydrogen (secondary N) is 2. The topological polar surface area (TPSA) is 71.9 Å². The molecular weight excluding hydrogens is 216 g/mol. The highest BCUT2D eigenvalue weighted by atomic mass is 16.2. The molecule has 0 aliphatic carbocycles. The molecule has 1 atom stereocenters. The van der Waals surface area contributed by atoms with Gasteiger partial charge in [0.1, 0.15) is 0 Å². The number of hydrogen-bond acceptors (Lipinski definition) is 2. The van der Waals surface area contributed by atoms with Crippen LogP contribution in [0.2, 0.25) is 0 Å². The highest BCUT2D eigenvalue weighted by Gasteiger charge is 2.31. The van der Waals surface area contributed by atoms with Crippen molar-refractivity contribution in [2.75, 3.05) is 6.54 Å². The third kappa shape index (κ3) is 1.42. The Morgan fingerprint density at radius 1 is 1.41 bits per heavy atom. The first-order valence-electron chi connectivity index (χ1n) is 5.33. The third-order valence-electron chi connectivity index (χ3n) is 3.03. The van der Waals surface area contributed by atoms with Crippen LogP contribution in [-0.2, 0) is 0 Å². The van der Waals surface area contributed by atoms with E-state index in [1.165, 1.54) is 0 Å². The average molecular weight is 226 g/mol. The smallest absolute Gasteiger partial charge is 0.331 e. The summed E-state index contributed by atoms with van der Waals surface area (Å²) in [5.74, 6) is 0. The van der Waals surface area contributed by atoms with Gasteiger partial charge in [-0.25, -0.2) is 9.69 Å². The van der Waals surface area contributed by atoms with Gasteiger partial charge in [0.2, 0.25) is 0 Å². The maximum absolute atomic E-state index is 11.4. The fraction of sp³-hybridized carbons (Fsp3) is 0.167. The van der Waals surface area contributed by atoms with Gasteiger partial charge in [0, 0.05) is 22.7 Å². The van der Waals surface area contributed by atoms with Crippen LogP contribution in [0.1, 0.15) is 11.6 Å². The molecule has 5 nitrogen and oxygen atoms in total. The van der Waals surface area contributed by atoms with Crippen LogP contribution in [0.25, 0.3) is 10.9 Å². The Morgan fingerprint density at radius 2 is 2.24 bits per heavy atom. The van der Waals surface area contributed by atoms with E-state index in [4.69, 9.17) is 5.26 Å². The average Bonchev–Trinajstić information content (AvgIpc) is 2.92. The summed E-state index contributed by atoms with van der Waals surface area (Å²) in [5, 5.41) is 12.6. The van der Waals surface area contributed by atoms with Crippen molar-refractivity contribution in [1.29, 1.82) is 5.26 Å². The van der Waals surface area contributed by atoms with E-state index in [1.54, 1.807) is 0 Å². The molecule has 2 N–H and O–H groups in total. The van der Waals surface area contributed by atoms with E-state index in [2.05, 4.69) is 10.3 Å². The Labute approximate surface area is 97.6 Å². The number of nitrogens with zero attached hydrogens (tertiary/aromatic N) is 2. The molecule has 1 saturated heterocycles. The lowest BCUT2D eigenvalue weighted by molar-refractivity contribution is 0.232. The quantitative estimate of drug-likeness (QED) is 0.726. The van der Waals surface area contributed by atoms with Crippen molar-refractivity contribution in [3.8, 4) is 6.19 Å². The standard InChI is InChI=1S/C12H10N4O/c13-7-16-6-11(15-12(16)17)9-5-14-10-4-2-1-3-8(9)10/h1-5,11,14H,6H2,(H,15,17). The zero-order valence-corrected chi connectivity index (χ0v) is 8.97. The number of carbonyl (C=O) groups is 1. The highest BCUT2D eigenvalue weighted by Crippen LogP contribution is 2.27. The molecule has 84 valence electrons. The van der Waals surface area contributed by atoms with Gasteiger partial charge in [0.05, 0.1) is 12.6 Å². The summed E-state index contributed by atoms with van der Waals surface area (Å²) in [6.45, 7) is 0.386. The molecule has 17 heavy (non-hydrogen) atoms. The van der Waals surface area contributed by atoms with Gasteiger partial charge in [-0.05, 0) is 6.07 Å². The van der Waals surface area contributed by atoms with E-state index in [0.717, 1.165) is 21.4 Å². The Balaban J connectivity index is 2.01. The summed E-state index contributed by atoms with van der Waals surface area (Å²) in [6.07, 6.45) is 3.75. The minimum Gasteiger partial charge on any atom is -0.361 e. The molecular formula is C12H10N4O. The van der Waals surface area contributed by atoms with Gasteiger partial charge in [0.15, 0.2) is 6.19 Å². The van der Waals surface area contributed by atoms with E-state index < -0.39 is 0 Å². The Kier molecular flexibility index (Phi) is 2.02. The first-order chi connectivity index (χ1) is 8.29. The monoisotopic (exact) mass is 226 g/mol. The van der Waals surface area contributed by atoms with Gasteiger partial charge in [-0.3, -0.25) is 0 Å². The molecule has 0 radical (unpaired) electrons. The molecule has 2 amide bonds. The SMILES string of the molecule is N#CN1CC(c2c[nH]c3ccccc23)NC1=O. The Hall–Kier alpha value is -2.48. The fourth-order valence-corrected chi connectivity index (χ4v) is 2.18. The van der Waals surface area contributed by atoms with Crippen molar-refractivity contribution in [2.45, 2.75) is 6.04 Å². The number of para-hydroxylation sites is 1. The second-order valence-corrected chi connectivity index (χ2v) is 4.00. The van der Waals surface area contributed by atoms with Crippen LogP contribution in [-0.4, -0.2) is 22.5 Å². The van der Waals surface area contributed by atoms with Gasteiger partial charge < -0.3 is 10.3 Å². The van der Waals surface area contributed by atoms with E-state index in [-0.39, 0.29) is 12.1 Å². The molecule has 1 aliphatic rings. The summed E-state index contributed by atoms with van der Waals surface area (Å²) in [5.41, 5.74) is 2.05. The van der Waals surface area contributed by atoms with Crippen molar-refractivity contribution >= 4 is 16.9 Å². The lowest BCUT2D eigenvalue weighted by Crippen LogP contribution is -2.23. The number of carbonyl (C=O) groups excluding carboxylic acids is 1. The molecule has 0 bridgehead atoms. The van der Waals surface area contributed by atoms with E-state index in [9.17, 15) is 4.79 Å². The summed E-state index contributed by atoms with van der Waals surface area (Å²) in [6, 6.07) is 7.44. The number of urea groups is 1. The summed E-state index contributed by atoms with van der Waals surface area (Å²) >= 11 is 0. The molecule has 1 aromatic heterocycles. The summed E-state index contributed by atoms with van der Waals surface area (Å²) < 4.78 is 0. The zero-order valence-electron chi connectivity index (χ0n) is 8.97. The third-order valence-corrected chi connectivity index (χ3v) is 3.03. The molecule has 5 heteroatoms. The van der Waals surface area contributed by atoms with Crippen LogP contribution in [0.15, 0.2) is 30.5 Å². The number of amides is 2. The van der Waals surface area contributed by atoms with Gasteiger partial charge in [-0.15, -0.1) is 0 Å². The molecule has 1 fully saturated rings. The van der Waals surface area contributed by atoms with Crippen molar-refractivity contribution in [3.05, 3.63) is 36.0 Å². The predicted molar refractivity (Wildman–Crippen MR) is 61.9 cm³/mol. The molecule has 1 unspecified atom stereocenters. The number of benzene rings is 1. The maximum Gasteiger partial charge on any atom is 0.331 e. The first-order valence-corrected chi connectivity index (χ1v) is 5.33. The van der Waals surface area contributed by atoms with Gasteiger partial charge in [0.25, 0.3) is 0 Å². The Bertz CT molecular complexity index is 625. The predicted octanol–water partition coefficient (Wildman–Crippen LogP) is 1.72. The van der Waals surface area contributed by atoms with Gasteiger partial charge >= 0.3 is 6.03 Å². The second-order valence-electron chi connectivity index (χ2n) is 4.00. The molecule has 1 aromatic carbocycles. The molecule has 2 aromatic rings. The number of aromatic amines is 1. The molecule has 1 aliphatic heterocycles. The first kappa shape index (κ1) is 9.73. The molecule has 3 rings (SSSR count). The number of hydrogen-bond donors (Lipinski definition) is 2.